The van der Waals surface area contributed by atoms with E-state index in [1.165, 1.54) is 5.56 Å². The summed E-state index contributed by atoms with van der Waals surface area (Å²) in [5.74, 6) is 0.249. The Balaban J connectivity index is 1.75. The molecule has 0 N–H and O–H groups in total. The van der Waals surface area contributed by atoms with Crippen LogP contribution in [0.4, 0.5) is 5.69 Å². The number of hydrogen-bond donors (Lipinski definition) is 0. The fraction of sp³-hybridized carbons (Fsp3) is 0.269. The minimum atomic E-state index is -1.04. The molecule has 3 rings (SSSR count). The topological polar surface area (TPSA) is 38.8 Å². The van der Waals surface area contributed by atoms with Gasteiger partial charge in [0.1, 0.15) is 5.75 Å². The first-order chi connectivity index (χ1) is 14.9. The molecule has 0 heterocycles. The molecule has 0 bridgehead atoms. The first-order valence-electron chi connectivity index (χ1n) is 10.4. The van der Waals surface area contributed by atoms with Gasteiger partial charge in [-0.25, -0.2) is 4.79 Å². The Bertz CT molecular complexity index is 970. The fourth-order valence-corrected chi connectivity index (χ4v) is 3.34. The molecule has 31 heavy (non-hydrogen) atoms. The van der Waals surface area contributed by atoms with Crippen molar-refractivity contribution in [3.63, 3.8) is 0 Å². The first-order valence-corrected chi connectivity index (χ1v) is 10.7. The van der Waals surface area contributed by atoms with Gasteiger partial charge < -0.3 is 14.4 Å². The summed E-state index contributed by atoms with van der Waals surface area (Å²) >= 11 is 6.08. The molecular formula is C26H28ClNO3. The van der Waals surface area contributed by atoms with Crippen LogP contribution in [0.3, 0.4) is 0 Å². The molecule has 0 aliphatic heterocycles. The number of benzene rings is 3. The van der Waals surface area contributed by atoms with E-state index < -0.39 is 5.60 Å². The summed E-state index contributed by atoms with van der Waals surface area (Å²) < 4.78 is 11.0. The summed E-state index contributed by atoms with van der Waals surface area (Å²) in [4.78, 5) is 14.4. The van der Waals surface area contributed by atoms with E-state index >= 15 is 0 Å². The molecule has 4 nitrogen and oxygen atoms in total. The van der Waals surface area contributed by atoms with Crippen molar-refractivity contribution in [2.24, 2.45) is 0 Å². The van der Waals surface area contributed by atoms with Gasteiger partial charge in [-0.15, -0.1) is 0 Å². The number of halogens is 1. The van der Waals surface area contributed by atoms with Crippen LogP contribution in [0.25, 0.3) is 0 Å². The van der Waals surface area contributed by atoms with Crippen molar-refractivity contribution >= 4 is 23.3 Å². The van der Waals surface area contributed by atoms with Gasteiger partial charge in [-0.3, -0.25) is 0 Å². The molecule has 0 fully saturated rings. The van der Waals surface area contributed by atoms with E-state index in [0.717, 1.165) is 24.3 Å². The van der Waals surface area contributed by atoms with E-state index in [1.54, 1.807) is 20.8 Å². The molecule has 3 aromatic carbocycles. The van der Waals surface area contributed by atoms with Crippen LogP contribution in [0.5, 0.6) is 5.75 Å². The molecule has 0 aliphatic carbocycles. The molecule has 0 saturated carbocycles. The number of anilines is 1. The lowest BCUT2D eigenvalue weighted by Crippen LogP contribution is -2.39. The van der Waals surface area contributed by atoms with E-state index in [9.17, 15) is 4.79 Å². The number of nitrogens with zero attached hydrogens (tertiary/aromatic N) is 1. The van der Waals surface area contributed by atoms with Crippen LogP contribution >= 0.6 is 11.6 Å². The fourth-order valence-electron chi connectivity index (χ4n) is 3.22. The van der Waals surface area contributed by atoms with Crippen LogP contribution in [0.2, 0.25) is 5.02 Å². The third kappa shape index (κ3) is 6.50. The smallest absolute Gasteiger partial charge is 0.349 e. The standard InChI is InChI=1S/C26H28ClNO3/c1-4-30-25(29)26(2,3)31-24-16-10-21(11-17-24)19-28(18-20-8-6-5-7-9-20)23-14-12-22(27)13-15-23/h5-17H,4,18-19H2,1-3H3. The Morgan fingerprint density at radius 2 is 1.45 bits per heavy atom. The summed E-state index contributed by atoms with van der Waals surface area (Å²) in [5.41, 5.74) is 2.41. The second-order valence-corrected chi connectivity index (χ2v) is 8.23. The number of rotatable bonds is 9. The van der Waals surface area contributed by atoms with Crippen molar-refractivity contribution < 1.29 is 14.3 Å². The van der Waals surface area contributed by atoms with Gasteiger partial charge in [0.2, 0.25) is 0 Å². The van der Waals surface area contributed by atoms with Crippen LogP contribution < -0.4 is 9.64 Å². The molecule has 162 valence electrons. The average Bonchev–Trinajstić information content (AvgIpc) is 2.76. The van der Waals surface area contributed by atoms with Gasteiger partial charge in [-0.05, 0) is 68.3 Å². The molecule has 5 heteroatoms. The Morgan fingerprint density at radius 3 is 2.03 bits per heavy atom. The van der Waals surface area contributed by atoms with Gasteiger partial charge in [0.25, 0.3) is 0 Å². The maximum absolute atomic E-state index is 12.1. The molecule has 0 atom stereocenters. The quantitative estimate of drug-likeness (QED) is 0.370. The average molecular weight is 438 g/mol. The molecule has 0 amide bonds. The first kappa shape index (κ1) is 22.7. The van der Waals surface area contributed by atoms with E-state index in [2.05, 4.69) is 17.0 Å². The normalized spacial score (nSPS) is 11.1. The number of carbonyl (C=O) groups excluding carboxylic acids is 1. The lowest BCUT2D eigenvalue weighted by atomic mass is 10.1. The zero-order chi connectivity index (χ0) is 22.3. The van der Waals surface area contributed by atoms with E-state index in [4.69, 9.17) is 21.1 Å². The van der Waals surface area contributed by atoms with Crippen LogP contribution in [-0.4, -0.2) is 18.2 Å². The molecule has 0 saturated heterocycles. The van der Waals surface area contributed by atoms with Crippen molar-refractivity contribution in [1.29, 1.82) is 0 Å². The predicted molar refractivity (Wildman–Crippen MR) is 126 cm³/mol. The van der Waals surface area contributed by atoms with Gasteiger partial charge in [0.15, 0.2) is 5.60 Å². The SMILES string of the molecule is CCOC(=O)C(C)(C)Oc1ccc(CN(Cc2ccccc2)c2ccc(Cl)cc2)cc1. The number of carbonyl (C=O) groups is 1. The van der Waals surface area contributed by atoms with Crippen LogP contribution in [0.1, 0.15) is 31.9 Å². The molecule has 0 spiro atoms. The Hall–Kier alpha value is -2.98. The number of ether oxygens (including phenoxy) is 2. The number of esters is 1. The summed E-state index contributed by atoms with van der Waals surface area (Å²) in [7, 11) is 0. The monoisotopic (exact) mass is 437 g/mol. The van der Waals surface area contributed by atoms with Gasteiger partial charge in [0, 0.05) is 23.8 Å². The second-order valence-electron chi connectivity index (χ2n) is 7.79. The lowest BCUT2D eigenvalue weighted by molar-refractivity contribution is -0.158. The highest BCUT2D eigenvalue weighted by Crippen LogP contribution is 2.25. The Labute approximate surface area is 189 Å². The predicted octanol–water partition coefficient (Wildman–Crippen LogP) is 6.27. The van der Waals surface area contributed by atoms with Gasteiger partial charge in [0.05, 0.1) is 6.61 Å². The molecule has 3 aromatic rings. The molecule has 0 radical (unpaired) electrons. The molecular weight excluding hydrogens is 410 g/mol. The largest absolute Gasteiger partial charge is 0.476 e. The summed E-state index contributed by atoms with van der Waals surface area (Å²) in [6.07, 6.45) is 0. The van der Waals surface area contributed by atoms with Crippen molar-refractivity contribution in [3.8, 4) is 5.75 Å². The van der Waals surface area contributed by atoms with E-state index in [0.29, 0.717) is 17.4 Å². The van der Waals surface area contributed by atoms with E-state index in [1.807, 2.05) is 66.7 Å². The highest BCUT2D eigenvalue weighted by Gasteiger charge is 2.31. The van der Waals surface area contributed by atoms with Crippen molar-refractivity contribution in [2.75, 3.05) is 11.5 Å². The zero-order valence-electron chi connectivity index (χ0n) is 18.2. The lowest BCUT2D eigenvalue weighted by Gasteiger charge is -2.26. The molecule has 0 aromatic heterocycles. The summed E-state index contributed by atoms with van der Waals surface area (Å²) in [5, 5.41) is 0.717. The highest BCUT2D eigenvalue weighted by atomic mass is 35.5. The van der Waals surface area contributed by atoms with Gasteiger partial charge in [-0.1, -0.05) is 54.1 Å². The van der Waals surface area contributed by atoms with Gasteiger partial charge >= 0.3 is 5.97 Å². The molecule has 0 unspecified atom stereocenters. The highest BCUT2D eigenvalue weighted by molar-refractivity contribution is 6.30. The van der Waals surface area contributed by atoms with Crippen LogP contribution in [-0.2, 0) is 22.6 Å². The third-order valence-electron chi connectivity index (χ3n) is 4.84. The van der Waals surface area contributed by atoms with E-state index in [-0.39, 0.29) is 5.97 Å². The zero-order valence-corrected chi connectivity index (χ0v) is 18.9. The maximum Gasteiger partial charge on any atom is 0.349 e. The van der Waals surface area contributed by atoms with Crippen LogP contribution in [0, 0.1) is 0 Å². The van der Waals surface area contributed by atoms with Crippen LogP contribution in [0.15, 0.2) is 78.9 Å². The minimum absolute atomic E-state index is 0.326. The van der Waals surface area contributed by atoms with Gasteiger partial charge in [-0.2, -0.15) is 0 Å². The van der Waals surface area contributed by atoms with Crippen molar-refractivity contribution in [2.45, 2.75) is 39.5 Å². The second kappa shape index (κ2) is 10.4. The minimum Gasteiger partial charge on any atom is -0.476 e. The Morgan fingerprint density at radius 1 is 0.871 bits per heavy atom. The summed E-state index contributed by atoms with van der Waals surface area (Å²) in [6, 6.07) is 26.1. The summed E-state index contributed by atoms with van der Waals surface area (Å²) in [6.45, 7) is 7.02. The Kier molecular flexibility index (Phi) is 7.59. The van der Waals surface area contributed by atoms with Crippen molar-refractivity contribution in [3.05, 3.63) is 95.0 Å². The third-order valence-corrected chi connectivity index (χ3v) is 5.10. The molecule has 0 aliphatic rings. The van der Waals surface area contributed by atoms with Crippen molar-refractivity contribution in [1.82, 2.24) is 0 Å². The maximum atomic E-state index is 12.1. The number of hydrogen-bond acceptors (Lipinski definition) is 4.